The molecule has 2 aromatic rings. The molecule has 2 aromatic heterocycles. The molecule has 2 heterocycles. The fraction of sp³-hybridized carbons (Fsp3) is 0.273. The minimum Gasteiger partial charge on any atom is -0.309 e. The van der Waals surface area contributed by atoms with Crippen LogP contribution in [0.25, 0.3) is 0 Å². The van der Waals surface area contributed by atoms with E-state index in [1.54, 1.807) is 23.7 Å². The lowest BCUT2D eigenvalue weighted by atomic mass is 10.0. The fourth-order valence-corrected chi connectivity index (χ4v) is 2.34. The van der Waals surface area contributed by atoms with Crippen LogP contribution in [0.3, 0.4) is 0 Å². The molecule has 4 heteroatoms. The Bertz CT molecular complexity index is 424. The summed E-state index contributed by atoms with van der Waals surface area (Å²) in [5.41, 5.74) is 2.43. The van der Waals surface area contributed by atoms with E-state index in [2.05, 4.69) is 33.9 Å². The lowest BCUT2D eigenvalue weighted by Gasteiger charge is -2.14. The quantitative estimate of drug-likeness (QED) is 0.859. The third-order valence-corrected chi connectivity index (χ3v) is 3.19. The van der Waals surface area contributed by atoms with Gasteiger partial charge in [-0.05, 0) is 42.6 Å². The van der Waals surface area contributed by atoms with Crippen molar-refractivity contribution < 1.29 is 0 Å². The Hall–Kier alpha value is -1.26. The van der Waals surface area contributed by atoms with Crippen LogP contribution in [-0.4, -0.2) is 17.2 Å². The van der Waals surface area contributed by atoms with Gasteiger partial charge in [0.1, 0.15) is 0 Å². The Kier molecular flexibility index (Phi) is 3.08. The maximum atomic E-state index is 3.90. The highest BCUT2D eigenvalue weighted by molar-refractivity contribution is 7.10. The van der Waals surface area contributed by atoms with Crippen molar-refractivity contribution in [1.82, 2.24) is 15.5 Å². The van der Waals surface area contributed by atoms with Crippen molar-refractivity contribution in [3.8, 4) is 0 Å². The molecule has 0 aromatic carbocycles. The van der Waals surface area contributed by atoms with Gasteiger partial charge in [0.15, 0.2) is 0 Å². The number of aromatic nitrogens is 2. The van der Waals surface area contributed by atoms with Crippen LogP contribution < -0.4 is 5.32 Å². The van der Waals surface area contributed by atoms with Crippen LogP contribution in [0.1, 0.15) is 22.0 Å². The van der Waals surface area contributed by atoms with Gasteiger partial charge in [-0.3, -0.25) is 0 Å². The van der Waals surface area contributed by atoms with Crippen LogP contribution in [0.5, 0.6) is 0 Å². The molecule has 1 N–H and O–H groups in total. The lowest BCUT2D eigenvalue weighted by Crippen LogP contribution is -2.17. The van der Waals surface area contributed by atoms with Gasteiger partial charge < -0.3 is 5.32 Å². The number of nitrogens with one attached hydrogen (secondary N) is 1. The number of thiophene rings is 1. The molecule has 15 heavy (non-hydrogen) atoms. The fourth-order valence-electron chi connectivity index (χ4n) is 1.61. The molecule has 0 bridgehead atoms. The highest BCUT2D eigenvalue weighted by Gasteiger charge is 2.12. The smallest absolute Gasteiger partial charge is 0.0599 e. The molecular formula is C11H13N3S. The van der Waals surface area contributed by atoms with Crippen LogP contribution in [-0.2, 0) is 0 Å². The molecule has 0 saturated heterocycles. The van der Waals surface area contributed by atoms with E-state index >= 15 is 0 Å². The van der Waals surface area contributed by atoms with Crippen molar-refractivity contribution in [1.29, 1.82) is 0 Å². The van der Waals surface area contributed by atoms with Gasteiger partial charge in [0, 0.05) is 11.1 Å². The maximum absolute atomic E-state index is 3.90. The first kappa shape index (κ1) is 10.3. The summed E-state index contributed by atoms with van der Waals surface area (Å²) in [5.74, 6) is 0. The molecule has 78 valence electrons. The van der Waals surface area contributed by atoms with E-state index in [1.807, 2.05) is 13.1 Å². The molecule has 0 aliphatic heterocycles. The Morgan fingerprint density at radius 3 is 2.73 bits per heavy atom. The van der Waals surface area contributed by atoms with Crippen molar-refractivity contribution in [2.75, 3.05) is 7.05 Å². The third kappa shape index (κ3) is 2.22. The van der Waals surface area contributed by atoms with Crippen molar-refractivity contribution in [2.45, 2.75) is 13.0 Å². The van der Waals surface area contributed by atoms with E-state index in [0.717, 1.165) is 5.56 Å². The molecule has 1 unspecified atom stereocenters. The van der Waals surface area contributed by atoms with Crippen LogP contribution in [0, 0.1) is 6.92 Å². The first-order valence-electron chi connectivity index (χ1n) is 4.80. The summed E-state index contributed by atoms with van der Waals surface area (Å²) in [7, 11) is 1.96. The molecule has 0 saturated carbocycles. The van der Waals surface area contributed by atoms with Crippen molar-refractivity contribution in [3.05, 3.63) is 45.9 Å². The Morgan fingerprint density at radius 2 is 2.20 bits per heavy atom. The van der Waals surface area contributed by atoms with Crippen molar-refractivity contribution >= 4 is 11.3 Å². The number of hydrogen-bond acceptors (Lipinski definition) is 4. The van der Waals surface area contributed by atoms with Crippen LogP contribution in [0.4, 0.5) is 0 Å². The average molecular weight is 219 g/mol. The molecule has 0 aliphatic carbocycles. The lowest BCUT2D eigenvalue weighted by molar-refractivity contribution is 0.687. The van der Waals surface area contributed by atoms with E-state index < -0.39 is 0 Å². The largest absolute Gasteiger partial charge is 0.309 e. The average Bonchev–Trinajstić information content (AvgIpc) is 2.68. The Labute approximate surface area is 93.2 Å². The summed E-state index contributed by atoms with van der Waals surface area (Å²) in [6, 6.07) is 4.40. The SMILES string of the molecule is CNC(c1ccnnc1)c1csc(C)c1. The van der Waals surface area contributed by atoms with Gasteiger partial charge in [0.05, 0.1) is 12.2 Å². The summed E-state index contributed by atoms with van der Waals surface area (Å²) < 4.78 is 0. The molecule has 0 spiro atoms. The van der Waals surface area contributed by atoms with Gasteiger partial charge in [0.2, 0.25) is 0 Å². The van der Waals surface area contributed by atoms with Gasteiger partial charge in [-0.15, -0.1) is 11.3 Å². The standard InChI is InChI=1S/C11H13N3S/c1-8-5-10(7-15-8)11(12-2)9-3-4-13-14-6-9/h3-7,11-12H,1-2H3. The summed E-state index contributed by atoms with van der Waals surface area (Å²) in [4.78, 5) is 1.33. The third-order valence-electron chi connectivity index (χ3n) is 2.31. The van der Waals surface area contributed by atoms with Crippen molar-refractivity contribution in [2.24, 2.45) is 0 Å². The minimum absolute atomic E-state index is 0.213. The molecule has 0 radical (unpaired) electrons. The molecule has 0 aliphatic rings. The zero-order valence-corrected chi connectivity index (χ0v) is 9.58. The molecule has 2 rings (SSSR count). The van der Waals surface area contributed by atoms with Gasteiger partial charge in [-0.2, -0.15) is 10.2 Å². The molecule has 0 amide bonds. The summed E-state index contributed by atoms with van der Waals surface area (Å²) in [6.45, 7) is 2.12. The summed E-state index contributed by atoms with van der Waals surface area (Å²) >= 11 is 1.77. The second kappa shape index (κ2) is 4.51. The van der Waals surface area contributed by atoms with Gasteiger partial charge in [0.25, 0.3) is 0 Å². The van der Waals surface area contributed by atoms with Crippen LogP contribution >= 0.6 is 11.3 Å². The van der Waals surface area contributed by atoms with Gasteiger partial charge in [-0.1, -0.05) is 0 Å². The molecular weight excluding hydrogens is 206 g/mol. The molecule has 1 atom stereocenters. The second-order valence-corrected chi connectivity index (χ2v) is 4.50. The van der Waals surface area contributed by atoms with E-state index in [-0.39, 0.29) is 6.04 Å². The highest BCUT2D eigenvalue weighted by atomic mass is 32.1. The Balaban J connectivity index is 2.33. The zero-order valence-electron chi connectivity index (χ0n) is 8.77. The topological polar surface area (TPSA) is 37.8 Å². The van der Waals surface area contributed by atoms with Crippen LogP contribution in [0.15, 0.2) is 29.9 Å². The first-order chi connectivity index (χ1) is 7.31. The van der Waals surface area contributed by atoms with Gasteiger partial charge >= 0.3 is 0 Å². The highest BCUT2D eigenvalue weighted by Crippen LogP contribution is 2.24. The second-order valence-electron chi connectivity index (χ2n) is 3.39. The van der Waals surface area contributed by atoms with Crippen molar-refractivity contribution in [3.63, 3.8) is 0 Å². The molecule has 0 fully saturated rings. The Morgan fingerprint density at radius 1 is 1.33 bits per heavy atom. The maximum Gasteiger partial charge on any atom is 0.0599 e. The first-order valence-corrected chi connectivity index (χ1v) is 5.68. The predicted molar refractivity (Wildman–Crippen MR) is 62.0 cm³/mol. The monoisotopic (exact) mass is 219 g/mol. The van der Waals surface area contributed by atoms with Gasteiger partial charge in [-0.25, -0.2) is 0 Å². The zero-order chi connectivity index (χ0) is 10.7. The summed E-state index contributed by atoms with van der Waals surface area (Å²) in [5, 5.41) is 13.1. The normalized spacial score (nSPS) is 12.7. The van der Waals surface area contributed by atoms with E-state index in [9.17, 15) is 0 Å². The summed E-state index contributed by atoms with van der Waals surface area (Å²) in [6.07, 6.45) is 3.52. The number of hydrogen-bond donors (Lipinski definition) is 1. The van der Waals surface area contributed by atoms with E-state index in [1.165, 1.54) is 10.4 Å². The van der Waals surface area contributed by atoms with E-state index in [0.29, 0.717) is 0 Å². The number of nitrogens with zero attached hydrogens (tertiary/aromatic N) is 2. The number of rotatable bonds is 3. The number of aryl methyl sites for hydroxylation is 1. The minimum atomic E-state index is 0.213. The molecule has 3 nitrogen and oxygen atoms in total. The van der Waals surface area contributed by atoms with Crippen LogP contribution in [0.2, 0.25) is 0 Å². The predicted octanol–water partition coefficient (Wildman–Crippen LogP) is 2.16. The van der Waals surface area contributed by atoms with E-state index in [4.69, 9.17) is 0 Å².